The van der Waals surface area contributed by atoms with E-state index in [2.05, 4.69) is 20.1 Å². The number of hydrogen-bond acceptors (Lipinski definition) is 6. The number of aliphatic hydroxyl groups excluding tert-OH is 1. The number of carbonyl (C=O) groups is 1. The first-order chi connectivity index (χ1) is 16.0. The predicted molar refractivity (Wildman–Crippen MR) is 131 cm³/mol. The third kappa shape index (κ3) is 5.74. The summed E-state index contributed by atoms with van der Waals surface area (Å²) >= 11 is 6.25. The molecule has 1 atom stereocenters. The Labute approximate surface area is 198 Å². The maximum atomic E-state index is 12.4. The Bertz CT molecular complexity index is 1100. The number of para-hydroxylation sites is 2. The second-order valence-electron chi connectivity index (χ2n) is 8.19. The first-order valence-electron chi connectivity index (χ1n) is 11.2. The summed E-state index contributed by atoms with van der Waals surface area (Å²) in [5.41, 5.74) is 2.38. The number of piperazine rings is 1. The minimum Gasteiger partial charge on any atom is -0.493 e. The fourth-order valence-corrected chi connectivity index (χ4v) is 4.41. The van der Waals surface area contributed by atoms with E-state index in [4.69, 9.17) is 16.3 Å². The number of benzene rings is 2. The Morgan fingerprint density at radius 3 is 2.76 bits per heavy atom. The molecule has 1 aliphatic heterocycles. The molecule has 0 aliphatic carbocycles. The van der Waals surface area contributed by atoms with Crippen LogP contribution >= 0.6 is 11.6 Å². The van der Waals surface area contributed by atoms with E-state index in [0.717, 1.165) is 42.8 Å². The maximum Gasteiger partial charge on any atom is 0.252 e. The van der Waals surface area contributed by atoms with Gasteiger partial charge >= 0.3 is 0 Å². The molecule has 1 aliphatic rings. The van der Waals surface area contributed by atoms with Crippen molar-refractivity contribution < 1.29 is 14.6 Å². The van der Waals surface area contributed by atoms with E-state index in [1.807, 2.05) is 48.5 Å². The normalized spacial score (nSPS) is 15.4. The number of anilines is 1. The topological polar surface area (TPSA) is 77.9 Å². The number of ether oxygens (including phenoxy) is 1. The lowest BCUT2D eigenvalue weighted by molar-refractivity contribution is 0.0902. The number of pyridine rings is 1. The third-order valence-electron chi connectivity index (χ3n) is 5.95. The predicted octanol–water partition coefficient (Wildman–Crippen LogP) is 3.20. The Morgan fingerprint density at radius 1 is 1.18 bits per heavy atom. The number of nitrogens with zero attached hydrogens (tertiary/aromatic N) is 3. The molecular formula is C25H29ClN4O3. The van der Waals surface area contributed by atoms with Gasteiger partial charge in [-0.1, -0.05) is 35.9 Å². The number of amides is 1. The molecule has 1 amide bonds. The summed E-state index contributed by atoms with van der Waals surface area (Å²) < 4.78 is 5.47. The monoisotopic (exact) mass is 468 g/mol. The van der Waals surface area contributed by atoms with Gasteiger partial charge in [-0.25, -0.2) is 0 Å². The lowest BCUT2D eigenvalue weighted by Crippen LogP contribution is -2.49. The summed E-state index contributed by atoms with van der Waals surface area (Å²) in [6.07, 6.45) is 1.57. The SMILES string of the molecule is COc1c(Cl)cccc1N1CCN(CC(O)CCNC(=O)c2cnc3ccccc3c2)CC1. The zero-order chi connectivity index (χ0) is 23.2. The highest BCUT2D eigenvalue weighted by molar-refractivity contribution is 6.32. The molecule has 0 saturated carbocycles. The van der Waals surface area contributed by atoms with Gasteiger partial charge in [-0.3, -0.25) is 14.7 Å². The van der Waals surface area contributed by atoms with Crippen molar-refractivity contribution in [1.29, 1.82) is 0 Å². The molecule has 3 aromatic rings. The zero-order valence-corrected chi connectivity index (χ0v) is 19.5. The lowest BCUT2D eigenvalue weighted by Gasteiger charge is -2.37. The van der Waals surface area contributed by atoms with Crippen LogP contribution in [-0.2, 0) is 0 Å². The van der Waals surface area contributed by atoms with Gasteiger partial charge in [-0.05, 0) is 30.7 Å². The molecule has 0 radical (unpaired) electrons. The number of β-amino-alcohol motifs (C(OH)–C–C–N with tert-alkyl or cyclic N) is 1. The van der Waals surface area contributed by atoms with Crippen LogP contribution in [0.2, 0.25) is 5.02 Å². The minimum absolute atomic E-state index is 0.176. The van der Waals surface area contributed by atoms with Gasteiger partial charge in [0.25, 0.3) is 5.91 Å². The van der Waals surface area contributed by atoms with E-state index < -0.39 is 6.10 Å². The molecule has 1 aromatic heterocycles. The molecular weight excluding hydrogens is 440 g/mol. The van der Waals surface area contributed by atoms with E-state index in [-0.39, 0.29) is 5.91 Å². The second kappa shape index (κ2) is 10.8. The number of methoxy groups -OCH3 is 1. The van der Waals surface area contributed by atoms with Crippen LogP contribution in [0.1, 0.15) is 16.8 Å². The van der Waals surface area contributed by atoms with Crippen molar-refractivity contribution >= 4 is 34.1 Å². The van der Waals surface area contributed by atoms with Crippen LogP contribution in [-0.4, -0.2) is 73.4 Å². The summed E-state index contributed by atoms with van der Waals surface area (Å²) in [5, 5.41) is 14.9. The molecule has 4 rings (SSSR count). The largest absolute Gasteiger partial charge is 0.493 e. The van der Waals surface area contributed by atoms with E-state index >= 15 is 0 Å². The fraction of sp³-hybridized carbons (Fsp3) is 0.360. The van der Waals surface area contributed by atoms with Gasteiger partial charge in [0, 0.05) is 50.9 Å². The Hall–Kier alpha value is -2.87. The Balaban J connectivity index is 1.21. The fourth-order valence-electron chi connectivity index (χ4n) is 4.16. The number of rotatable bonds is 8. The summed E-state index contributed by atoms with van der Waals surface area (Å²) in [6.45, 7) is 4.31. The van der Waals surface area contributed by atoms with E-state index in [1.54, 1.807) is 13.3 Å². The number of aliphatic hydroxyl groups is 1. The van der Waals surface area contributed by atoms with E-state index in [1.165, 1.54) is 0 Å². The summed E-state index contributed by atoms with van der Waals surface area (Å²) in [5.74, 6) is 0.523. The molecule has 0 spiro atoms. The molecule has 7 nitrogen and oxygen atoms in total. The first-order valence-corrected chi connectivity index (χ1v) is 11.5. The van der Waals surface area contributed by atoms with Gasteiger partial charge in [0.1, 0.15) is 0 Å². The van der Waals surface area contributed by atoms with Crippen molar-refractivity contribution in [1.82, 2.24) is 15.2 Å². The lowest BCUT2D eigenvalue weighted by atomic mass is 10.1. The van der Waals surface area contributed by atoms with Crippen LogP contribution in [0.3, 0.4) is 0 Å². The van der Waals surface area contributed by atoms with Gasteiger partial charge in [0.2, 0.25) is 0 Å². The smallest absolute Gasteiger partial charge is 0.252 e. The van der Waals surface area contributed by atoms with Gasteiger partial charge in [0.05, 0.1) is 35.0 Å². The zero-order valence-electron chi connectivity index (χ0n) is 18.7. The molecule has 1 unspecified atom stereocenters. The third-order valence-corrected chi connectivity index (χ3v) is 6.25. The van der Waals surface area contributed by atoms with Gasteiger partial charge < -0.3 is 20.1 Å². The van der Waals surface area contributed by atoms with Crippen LogP contribution in [0.15, 0.2) is 54.7 Å². The Kier molecular flexibility index (Phi) is 7.65. The molecule has 8 heteroatoms. The quantitative estimate of drug-likeness (QED) is 0.528. The molecule has 2 heterocycles. The molecule has 2 aromatic carbocycles. The number of aromatic nitrogens is 1. The number of halogens is 1. The second-order valence-corrected chi connectivity index (χ2v) is 8.60. The number of carbonyl (C=O) groups excluding carboxylic acids is 1. The first kappa shape index (κ1) is 23.3. The van der Waals surface area contributed by atoms with E-state index in [0.29, 0.717) is 35.8 Å². The van der Waals surface area contributed by atoms with Crippen molar-refractivity contribution in [3.63, 3.8) is 0 Å². The van der Waals surface area contributed by atoms with Crippen LogP contribution < -0.4 is 15.0 Å². The number of nitrogens with one attached hydrogen (secondary N) is 1. The van der Waals surface area contributed by atoms with Crippen LogP contribution in [0, 0.1) is 0 Å². The van der Waals surface area contributed by atoms with Crippen molar-refractivity contribution in [2.24, 2.45) is 0 Å². The number of hydrogen-bond donors (Lipinski definition) is 2. The highest BCUT2D eigenvalue weighted by atomic mass is 35.5. The maximum absolute atomic E-state index is 12.4. The molecule has 174 valence electrons. The summed E-state index contributed by atoms with van der Waals surface area (Å²) in [4.78, 5) is 21.3. The van der Waals surface area contributed by atoms with Gasteiger partial charge in [-0.15, -0.1) is 0 Å². The Morgan fingerprint density at radius 2 is 1.97 bits per heavy atom. The highest BCUT2D eigenvalue weighted by Gasteiger charge is 2.22. The number of fused-ring (bicyclic) bond motifs is 1. The average molecular weight is 469 g/mol. The van der Waals surface area contributed by atoms with Crippen LogP contribution in [0.25, 0.3) is 10.9 Å². The molecule has 1 fully saturated rings. The van der Waals surface area contributed by atoms with Crippen molar-refractivity contribution in [2.45, 2.75) is 12.5 Å². The summed E-state index contributed by atoms with van der Waals surface area (Å²) in [7, 11) is 1.63. The standard InChI is InChI=1S/C25H29ClN4O3/c1-33-24-21(26)6-4-8-23(24)30-13-11-29(12-14-30)17-20(31)9-10-27-25(32)19-15-18-5-2-3-7-22(18)28-16-19/h2-8,15-16,20,31H,9-14,17H2,1H3,(H,27,32). The highest BCUT2D eigenvalue weighted by Crippen LogP contribution is 2.35. The average Bonchev–Trinajstić information content (AvgIpc) is 2.84. The van der Waals surface area contributed by atoms with Crippen molar-refractivity contribution in [3.05, 3.63) is 65.3 Å². The molecule has 2 N–H and O–H groups in total. The van der Waals surface area contributed by atoms with Gasteiger partial charge in [-0.2, -0.15) is 0 Å². The molecule has 1 saturated heterocycles. The van der Waals surface area contributed by atoms with E-state index in [9.17, 15) is 9.90 Å². The minimum atomic E-state index is -0.507. The van der Waals surface area contributed by atoms with Gasteiger partial charge in [0.15, 0.2) is 5.75 Å². The summed E-state index contributed by atoms with van der Waals surface area (Å²) in [6, 6.07) is 15.3. The molecule has 0 bridgehead atoms. The van der Waals surface area contributed by atoms with Crippen LogP contribution in [0.5, 0.6) is 5.75 Å². The van der Waals surface area contributed by atoms with Crippen molar-refractivity contribution in [2.75, 3.05) is 51.3 Å². The molecule has 33 heavy (non-hydrogen) atoms. The van der Waals surface area contributed by atoms with Crippen molar-refractivity contribution in [3.8, 4) is 5.75 Å². The van der Waals surface area contributed by atoms with Crippen LogP contribution in [0.4, 0.5) is 5.69 Å².